The van der Waals surface area contributed by atoms with Crippen LogP contribution in [-0.2, 0) is 19.4 Å². The van der Waals surface area contributed by atoms with E-state index in [-0.39, 0.29) is 11.7 Å². The van der Waals surface area contributed by atoms with Crippen molar-refractivity contribution in [3.05, 3.63) is 50.9 Å². The van der Waals surface area contributed by atoms with Gasteiger partial charge in [-0.3, -0.25) is 4.79 Å². The Morgan fingerprint density at radius 2 is 2.15 bits per heavy atom. The van der Waals surface area contributed by atoms with Crippen LogP contribution in [0, 0.1) is 0 Å². The number of thiophene rings is 1. The number of ether oxygens (including phenoxy) is 2. The molecular formula is C20H22N3O3S+. The Hall–Kier alpha value is -2.38. The lowest BCUT2D eigenvalue weighted by atomic mass is 10.2. The Morgan fingerprint density at radius 3 is 3.04 bits per heavy atom. The van der Waals surface area contributed by atoms with Crippen LogP contribution in [-0.4, -0.2) is 36.3 Å². The maximum Gasteiger partial charge on any atom is 0.260 e. The van der Waals surface area contributed by atoms with Crippen molar-refractivity contribution in [2.24, 2.45) is 0 Å². The van der Waals surface area contributed by atoms with Crippen LogP contribution in [0.3, 0.4) is 0 Å². The summed E-state index contributed by atoms with van der Waals surface area (Å²) < 4.78 is 11.8. The molecule has 1 aliphatic carbocycles. The van der Waals surface area contributed by atoms with E-state index < -0.39 is 0 Å². The second kappa shape index (κ2) is 6.65. The number of fused-ring (bicyclic) bond motifs is 4. The molecule has 3 heterocycles. The third-order valence-corrected chi connectivity index (χ3v) is 6.42. The van der Waals surface area contributed by atoms with E-state index in [1.807, 2.05) is 24.3 Å². The van der Waals surface area contributed by atoms with Crippen molar-refractivity contribution in [1.29, 1.82) is 0 Å². The molecule has 0 amide bonds. The van der Waals surface area contributed by atoms with E-state index in [9.17, 15) is 4.79 Å². The molecule has 1 unspecified atom stereocenters. The fourth-order valence-electron chi connectivity index (χ4n) is 4.04. The first kappa shape index (κ1) is 16.8. The highest BCUT2D eigenvalue weighted by atomic mass is 32.1. The predicted molar refractivity (Wildman–Crippen MR) is 104 cm³/mol. The number of hydrogen-bond acceptors (Lipinski definition) is 5. The van der Waals surface area contributed by atoms with Gasteiger partial charge in [-0.15, -0.1) is 11.3 Å². The van der Waals surface area contributed by atoms with Gasteiger partial charge in [0.1, 0.15) is 24.5 Å². The first-order valence-electron chi connectivity index (χ1n) is 9.40. The predicted octanol–water partition coefficient (Wildman–Crippen LogP) is 1.33. The van der Waals surface area contributed by atoms with Crippen molar-refractivity contribution < 1.29 is 14.4 Å². The van der Waals surface area contributed by atoms with Crippen LogP contribution in [0.5, 0.6) is 11.5 Å². The van der Waals surface area contributed by atoms with Gasteiger partial charge in [0.05, 0.1) is 12.4 Å². The number of aromatic amines is 1. The molecule has 0 bridgehead atoms. The number of nitrogens with zero attached hydrogens (tertiary/aromatic N) is 1. The molecule has 2 aromatic heterocycles. The second-order valence-electron chi connectivity index (χ2n) is 7.39. The van der Waals surface area contributed by atoms with Crippen molar-refractivity contribution in [3.8, 4) is 11.5 Å². The van der Waals surface area contributed by atoms with Crippen LogP contribution < -0.4 is 19.9 Å². The quantitative estimate of drug-likeness (QED) is 0.712. The summed E-state index contributed by atoms with van der Waals surface area (Å²) in [5.41, 5.74) is 1.23. The Balaban J connectivity index is 1.30. The number of aromatic nitrogens is 2. The first-order valence-corrected chi connectivity index (χ1v) is 10.2. The maximum absolute atomic E-state index is 12.6. The Morgan fingerprint density at radius 1 is 1.30 bits per heavy atom. The topological polar surface area (TPSA) is 68.7 Å². The third-order valence-electron chi connectivity index (χ3n) is 5.24. The number of rotatable bonds is 4. The average molecular weight is 384 g/mol. The maximum atomic E-state index is 12.6. The lowest BCUT2D eigenvalue weighted by molar-refractivity contribution is -0.897. The van der Waals surface area contributed by atoms with Crippen LogP contribution in [0.1, 0.15) is 22.7 Å². The molecule has 2 atom stereocenters. The third kappa shape index (κ3) is 3.11. The van der Waals surface area contributed by atoms with E-state index >= 15 is 0 Å². The van der Waals surface area contributed by atoms with Gasteiger partial charge in [-0.1, -0.05) is 12.1 Å². The van der Waals surface area contributed by atoms with Crippen LogP contribution in [0.2, 0.25) is 0 Å². The van der Waals surface area contributed by atoms with E-state index in [0.29, 0.717) is 13.2 Å². The Labute approximate surface area is 160 Å². The number of benzene rings is 1. The average Bonchev–Trinajstić information content (AvgIpc) is 3.22. The Kier molecular flexibility index (Phi) is 4.13. The van der Waals surface area contributed by atoms with Crippen LogP contribution in [0.25, 0.3) is 10.2 Å². The Bertz CT molecular complexity index is 1060. The molecule has 1 aromatic carbocycles. The molecule has 0 spiro atoms. The van der Waals surface area contributed by atoms with Crippen LogP contribution in [0.4, 0.5) is 0 Å². The highest BCUT2D eigenvalue weighted by molar-refractivity contribution is 7.18. The monoisotopic (exact) mass is 384 g/mol. The van der Waals surface area contributed by atoms with Gasteiger partial charge in [-0.05, 0) is 37.0 Å². The summed E-state index contributed by atoms with van der Waals surface area (Å²) in [6.07, 6.45) is 3.22. The molecule has 0 fully saturated rings. The van der Waals surface area contributed by atoms with E-state index in [4.69, 9.17) is 14.5 Å². The van der Waals surface area contributed by atoms with Gasteiger partial charge in [0.2, 0.25) is 0 Å². The van der Waals surface area contributed by atoms with Crippen LogP contribution >= 0.6 is 11.3 Å². The van der Waals surface area contributed by atoms with E-state index in [0.717, 1.165) is 53.3 Å². The fourth-order valence-corrected chi connectivity index (χ4v) is 5.32. The smallest absolute Gasteiger partial charge is 0.260 e. The number of para-hydroxylation sites is 2. The second-order valence-corrected chi connectivity index (χ2v) is 8.47. The molecular weight excluding hydrogens is 362 g/mol. The normalized spacial score (nSPS) is 19.2. The molecule has 27 heavy (non-hydrogen) atoms. The SMILES string of the molecule is C[NH+](Cc1nc2sc3c(c2c(=O)[nH]1)CCC3)C[C@@H]1COc2ccccc2O1. The van der Waals surface area contributed by atoms with Gasteiger partial charge in [-0.2, -0.15) is 0 Å². The molecule has 7 heteroatoms. The molecule has 5 rings (SSSR count). The van der Waals surface area contributed by atoms with Crippen molar-refractivity contribution in [2.45, 2.75) is 31.9 Å². The van der Waals surface area contributed by atoms with E-state index in [1.165, 1.54) is 15.3 Å². The van der Waals surface area contributed by atoms with Crippen molar-refractivity contribution in [1.82, 2.24) is 9.97 Å². The van der Waals surface area contributed by atoms with Gasteiger partial charge in [-0.25, -0.2) is 4.98 Å². The largest absolute Gasteiger partial charge is 0.486 e. The van der Waals surface area contributed by atoms with Gasteiger partial charge < -0.3 is 19.4 Å². The number of hydrogen-bond donors (Lipinski definition) is 2. The lowest BCUT2D eigenvalue weighted by Gasteiger charge is -2.27. The number of aryl methyl sites for hydroxylation is 2. The zero-order valence-corrected chi connectivity index (χ0v) is 16.0. The lowest BCUT2D eigenvalue weighted by Crippen LogP contribution is -3.09. The van der Waals surface area contributed by atoms with Crippen molar-refractivity contribution >= 4 is 21.6 Å². The van der Waals surface area contributed by atoms with Gasteiger partial charge in [0.25, 0.3) is 5.56 Å². The molecule has 2 N–H and O–H groups in total. The first-order chi connectivity index (χ1) is 13.2. The summed E-state index contributed by atoms with van der Waals surface area (Å²) in [6, 6.07) is 7.74. The number of quaternary nitrogens is 1. The minimum absolute atomic E-state index is 0.00776. The molecule has 2 aliphatic rings. The highest BCUT2D eigenvalue weighted by Crippen LogP contribution is 2.34. The standard InChI is InChI=1S/C20H21N3O3S/c1-23(9-12-11-25-14-6-2-3-7-15(14)26-12)10-17-21-19(24)18-13-5-4-8-16(13)27-20(18)22-17/h2-3,6-7,12H,4-5,8-11H2,1H3,(H,21,22,24)/p+1/t12-/m1/s1. The zero-order chi connectivity index (χ0) is 18.4. The molecule has 0 saturated heterocycles. The summed E-state index contributed by atoms with van der Waals surface area (Å²) in [7, 11) is 2.09. The van der Waals surface area contributed by atoms with Gasteiger partial charge >= 0.3 is 0 Å². The van der Waals surface area contributed by atoms with E-state index in [2.05, 4.69) is 12.0 Å². The molecule has 3 aromatic rings. The van der Waals surface area contributed by atoms with Crippen LogP contribution in [0.15, 0.2) is 29.1 Å². The highest BCUT2D eigenvalue weighted by Gasteiger charge is 2.25. The molecule has 140 valence electrons. The number of nitrogens with one attached hydrogen (secondary N) is 2. The zero-order valence-electron chi connectivity index (χ0n) is 15.2. The fraction of sp³-hybridized carbons (Fsp3) is 0.400. The van der Waals surface area contributed by atoms with Crippen molar-refractivity contribution in [2.75, 3.05) is 20.2 Å². The van der Waals surface area contributed by atoms with Crippen molar-refractivity contribution in [3.63, 3.8) is 0 Å². The van der Waals surface area contributed by atoms with E-state index in [1.54, 1.807) is 11.3 Å². The minimum Gasteiger partial charge on any atom is -0.486 e. The summed E-state index contributed by atoms with van der Waals surface area (Å²) in [4.78, 5) is 23.8. The number of H-pyrrole nitrogens is 1. The summed E-state index contributed by atoms with van der Waals surface area (Å²) in [5, 5.41) is 0.814. The van der Waals surface area contributed by atoms with Gasteiger partial charge in [0.15, 0.2) is 23.4 Å². The molecule has 6 nitrogen and oxygen atoms in total. The summed E-state index contributed by atoms with van der Waals surface area (Å²) in [5.74, 6) is 2.33. The molecule has 0 saturated carbocycles. The summed E-state index contributed by atoms with van der Waals surface area (Å²) >= 11 is 1.68. The number of likely N-dealkylation sites (N-methyl/N-ethyl adjacent to an activating group) is 1. The molecule has 0 radical (unpaired) electrons. The van der Waals surface area contributed by atoms with Gasteiger partial charge in [0, 0.05) is 4.88 Å². The summed E-state index contributed by atoms with van der Waals surface area (Å²) in [6.45, 7) is 1.96. The minimum atomic E-state index is -0.0131. The molecule has 1 aliphatic heterocycles.